The van der Waals surface area contributed by atoms with Crippen LogP contribution >= 0.6 is 0 Å². The number of nitrogens with zero attached hydrogens (tertiary/aromatic N) is 1. The van der Waals surface area contributed by atoms with E-state index >= 15 is 0 Å². The SMILES string of the molecule is C=CC[C@H](CN(C(=O)OC(C)(C)C)S(=O)(=O)CC[Si](C)(C)C)[C@H](NC(C)=O)C(=O)OC(C)(C)C. The maximum Gasteiger partial charge on any atom is 0.424 e. The Kier molecular flexibility index (Phi) is 11.5. The Labute approximate surface area is 206 Å². The molecule has 9 nitrogen and oxygen atoms in total. The van der Waals surface area contributed by atoms with E-state index < -0.39 is 59.2 Å². The molecule has 0 aliphatic carbocycles. The summed E-state index contributed by atoms with van der Waals surface area (Å²) < 4.78 is 38.1. The first-order valence-corrected chi connectivity index (χ1v) is 16.7. The lowest BCUT2D eigenvalue weighted by Crippen LogP contribution is -2.53. The van der Waals surface area contributed by atoms with Gasteiger partial charge in [-0.1, -0.05) is 25.7 Å². The molecule has 0 radical (unpaired) electrons. The van der Waals surface area contributed by atoms with Crippen molar-refractivity contribution in [2.24, 2.45) is 5.92 Å². The molecule has 0 aromatic carbocycles. The zero-order valence-corrected chi connectivity index (χ0v) is 24.3. The van der Waals surface area contributed by atoms with Gasteiger partial charge in [0.05, 0.1) is 5.75 Å². The average molecular weight is 521 g/mol. The number of allylic oxidation sites excluding steroid dienone is 1. The third-order valence-electron chi connectivity index (χ3n) is 4.40. The molecule has 0 heterocycles. The molecule has 198 valence electrons. The molecule has 0 aliphatic rings. The Morgan fingerprint density at radius 2 is 1.53 bits per heavy atom. The number of hydrogen-bond acceptors (Lipinski definition) is 7. The van der Waals surface area contributed by atoms with Gasteiger partial charge in [-0.2, -0.15) is 0 Å². The van der Waals surface area contributed by atoms with Crippen LogP contribution in [0.25, 0.3) is 0 Å². The second-order valence-corrected chi connectivity index (χ2v) is 19.3. The smallest absolute Gasteiger partial charge is 0.424 e. The molecular formula is C23H44N2O7SSi. The summed E-state index contributed by atoms with van der Waals surface area (Å²) in [6.45, 7) is 20.7. The van der Waals surface area contributed by atoms with Crippen LogP contribution < -0.4 is 5.32 Å². The second-order valence-electron chi connectivity index (χ2n) is 11.6. The average Bonchev–Trinajstić information content (AvgIpc) is 2.57. The van der Waals surface area contributed by atoms with E-state index in [1.807, 2.05) is 19.6 Å². The monoisotopic (exact) mass is 520 g/mol. The van der Waals surface area contributed by atoms with Gasteiger partial charge in [0.25, 0.3) is 0 Å². The van der Waals surface area contributed by atoms with E-state index in [1.165, 1.54) is 13.0 Å². The van der Waals surface area contributed by atoms with Gasteiger partial charge < -0.3 is 14.8 Å². The van der Waals surface area contributed by atoms with Crippen LogP contribution in [0.15, 0.2) is 12.7 Å². The summed E-state index contributed by atoms with van der Waals surface area (Å²) in [5.41, 5.74) is -1.76. The zero-order chi connectivity index (χ0) is 27.1. The van der Waals surface area contributed by atoms with Crippen LogP contribution in [0, 0.1) is 5.92 Å². The molecule has 0 saturated carbocycles. The van der Waals surface area contributed by atoms with Crippen molar-refractivity contribution in [3.8, 4) is 0 Å². The number of sulfonamides is 1. The first kappa shape index (κ1) is 32.1. The number of carbonyl (C=O) groups excluding carboxylic acids is 3. The fourth-order valence-corrected chi connectivity index (χ4v) is 7.24. The topological polar surface area (TPSA) is 119 Å². The van der Waals surface area contributed by atoms with Gasteiger partial charge in [-0.15, -0.1) is 6.58 Å². The summed E-state index contributed by atoms with van der Waals surface area (Å²) in [4.78, 5) is 37.9. The third-order valence-corrected chi connectivity index (χ3v) is 8.21. The van der Waals surface area contributed by atoms with E-state index in [0.717, 1.165) is 0 Å². The Bertz CT molecular complexity index is 837. The van der Waals surface area contributed by atoms with Gasteiger partial charge in [-0.05, 0) is 54.0 Å². The van der Waals surface area contributed by atoms with Crippen LogP contribution in [0.1, 0.15) is 54.9 Å². The molecule has 1 N–H and O–H groups in total. The molecule has 0 aromatic heterocycles. The molecule has 0 fully saturated rings. The largest absolute Gasteiger partial charge is 0.458 e. The maximum atomic E-state index is 13.3. The fraction of sp³-hybridized carbons (Fsp3) is 0.783. The number of nitrogens with one attached hydrogen (secondary N) is 1. The molecule has 2 amide bonds. The lowest BCUT2D eigenvalue weighted by atomic mass is 9.95. The number of esters is 1. The maximum absolute atomic E-state index is 13.3. The van der Waals surface area contributed by atoms with Gasteiger partial charge >= 0.3 is 12.1 Å². The normalized spacial score (nSPS) is 14.5. The van der Waals surface area contributed by atoms with Crippen LogP contribution in [-0.4, -0.2) is 68.3 Å². The number of carbonyl (C=O) groups is 3. The van der Waals surface area contributed by atoms with Gasteiger partial charge in [0, 0.05) is 27.5 Å². The quantitative estimate of drug-likeness (QED) is 0.249. The summed E-state index contributed by atoms with van der Waals surface area (Å²) in [5.74, 6) is -2.25. The van der Waals surface area contributed by atoms with E-state index in [2.05, 4.69) is 11.9 Å². The highest BCUT2D eigenvalue weighted by Crippen LogP contribution is 2.23. The van der Waals surface area contributed by atoms with Crippen LogP contribution in [0.5, 0.6) is 0 Å². The van der Waals surface area contributed by atoms with E-state index in [9.17, 15) is 22.8 Å². The Hall–Kier alpha value is -1.88. The summed E-state index contributed by atoms with van der Waals surface area (Å²) in [6, 6.07) is -0.742. The van der Waals surface area contributed by atoms with E-state index in [4.69, 9.17) is 9.47 Å². The molecule has 0 aliphatic heterocycles. The molecule has 0 aromatic rings. The van der Waals surface area contributed by atoms with E-state index in [-0.39, 0.29) is 18.7 Å². The van der Waals surface area contributed by atoms with Crippen molar-refractivity contribution >= 4 is 36.1 Å². The molecule has 34 heavy (non-hydrogen) atoms. The van der Waals surface area contributed by atoms with Crippen LogP contribution in [0.4, 0.5) is 4.79 Å². The van der Waals surface area contributed by atoms with Crippen molar-refractivity contribution in [3.05, 3.63) is 12.7 Å². The number of hydrogen-bond donors (Lipinski definition) is 1. The minimum absolute atomic E-state index is 0.146. The number of rotatable bonds is 11. The standard InChI is InChI=1S/C23H44N2O7SSi/c1-12-13-18(19(24-17(2)26)20(27)31-22(3,4)5)16-25(21(28)32-23(6,7)8)33(29,30)14-15-34(9,10)11/h12,18-19H,1,13-16H2,2-11H3,(H,24,26)/t18-,19+/m1/s1. The molecule has 0 rings (SSSR count). The molecule has 0 unspecified atom stereocenters. The summed E-state index contributed by atoms with van der Waals surface area (Å²) in [5, 5.41) is 2.56. The molecule has 0 spiro atoms. The van der Waals surface area contributed by atoms with Crippen molar-refractivity contribution < 1.29 is 32.3 Å². The van der Waals surface area contributed by atoms with Crippen LogP contribution in [0.3, 0.4) is 0 Å². The van der Waals surface area contributed by atoms with Gasteiger partial charge in [-0.3, -0.25) is 4.79 Å². The first-order valence-electron chi connectivity index (χ1n) is 11.4. The molecular weight excluding hydrogens is 476 g/mol. The summed E-state index contributed by atoms with van der Waals surface area (Å²) in [6.07, 6.45) is 0.627. The Morgan fingerprint density at radius 1 is 1.03 bits per heavy atom. The Balaban J connectivity index is 6.33. The van der Waals surface area contributed by atoms with Crippen LogP contribution in [0.2, 0.25) is 25.7 Å². The predicted octanol–water partition coefficient (Wildman–Crippen LogP) is 3.93. The van der Waals surface area contributed by atoms with Crippen molar-refractivity contribution in [2.45, 2.75) is 97.8 Å². The number of ether oxygens (including phenoxy) is 2. The summed E-state index contributed by atoms with van der Waals surface area (Å²) >= 11 is 0. The van der Waals surface area contributed by atoms with Gasteiger partial charge in [-0.25, -0.2) is 22.3 Å². The highest BCUT2D eigenvalue weighted by Gasteiger charge is 2.39. The zero-order valence-electron chi connectivity index (χ0n) is 22.5. The lowest BCUT2D eigenvalue weighted by molar-refractivity contribution is -0.160. The first-order chi connectivity index (χ1) is 15.1. The fourth-order valence-electron chi connectivity index (χ4n) is 2.86. The highest BCUT2D eigenvalue weighted by molar-refractivity contribution is 7.89. The van der Waals surface area contributed by atoms with Gasteiger partial charge in [0.2, 0.25) is 15.9 Å². The van der Waals surface area contributed by atoms with Crippen molar-refractivity contribution in [1.82, 2.24) is 9.62 Å². The predicted molar refractivity (Wildman–Crippen MR) is 137 cm³/mol. The molecule has 2 atom stereocenters. The van der Waals surface area contributed by atoms with Crippen molar-refractivity contribution in [2.75, 3.05) is 12.3 Å². The minimum Gasteiger partial charge on any atom is -0.458 e. The lowest BCUT2D eigenvalue weighted by Gasteiger charge is -2.33. The third kappa shape index (κ3) is 13.1. The minimum atomic E-state index is -4.07. The Morgan fingerprint density at radius 3 is 1.91 bits per heavy atom. The van der Waals surface area contributed by atoms with Crippen LogP contribution in [-0.2, 0) is 29.1 Å². The molecule has 0 saturated heterocycles. The second kappa shape index (κ2) is 12.2. The van der Waals surface area contributed by atoms with Gasteiger partial charge in [0.1, 0.15) is 17.2 Å². The van der Waals surface area contributed by atoms with E-state index in [0.29, 0.717) is 10.3 Å². The molecule has 0 bridgehead atoms. The highest BCUT2D eigenvalue weighted by atomic mass is 32.2. The molecule has 11 heteroatoms. The van der Waals surface area contributed by atoms with Gasteiger partial charge in [0.15, 0.2) is 0 Å². The van der Waals surface area contributed by atoms with E-state index in [1.54, 1.807) is 41.5 Å². The number of amides is 2. The van der Waals surface area contributed by atoms with Crippen molar-refractivity contribution in [3.63, 3.8) is 0 Å². The summed E-state index contributed by atoms with van der Waals surface area (Å²) in [7, 11) is -5.81. The van der Waals surface area contributed by atoms with Crippen molar-refractivity contribution in [1.29, 1.82) is 0 Å².